The number of rotatable bonds is 2. The molecule has 0 atom stereocenters. The minimum atomic E-state index is -0.0926. The molecule has 0 spiro atoms. The molecule has 0 saturated carbocycles. The quantitative estimate of drug-likeness (QED) is 0.391. The first kappa shape index (κ1) is 8.85. The predicted octanol–water partition coefficient (Wildman–Crippen LogP) is 2.33. The third-order valence-corrected chi connectivity index (χ3v) is 1.64. The van der Waals surface area contributed by atoms with Gasteiger partial charge >= 0.3 is 0 Å². The summed E-state index contributed by atoms with van der Waals surface area (Å²) in [6.07, 6.45) is 1.26. The average molecular weight is 176 g/mol. The normalized spacial score (nSPS) is 8.75. The van der Waals surface area contributed by atoms with Crippen molar-refractivity contribution in [2.24, 2.45) is 0 Å². The molecule has 2 heteroatoms. The summed E-state index contributed by atoms with van der Waals surface area (Å²) < 4.78 is 0. The van der Waals surface area contributed by atoms with Crippen LogP contribution in [-0.4, -0.2) is 10.8 Å². The summed E-state index contributed by atoms with van der Waals surface area (Å²) in [4.78, 5) is 11.2. The monoisotopic (exact) mass is 176 g/mol. The van der Waals surface area contributed by atoms with E-state index in [0.717, 1.165) is 5.56 Å². The zero-order valence-electron chi connectivity index (χ0n) is 6.70. The van der Waals surface area contributed by atoms with Crippen LogP contribution in [-0.2, 0) is 0 Å². The zero-order chi connectivity index (χ0) is 8.97. The van der Waals surface area contributed by atoms with Gasteiger partial charge in [-0.15, -0.1) is 0 Å². The van der Waals surface area contributed by atoms with Crippen LogP contribution in [0.15, 0.2) is 30.3 Å². The van der Waals surface area contributed by atoms with Gasteiger partial charge < -0.3 is 0 Å². The highest BCUT2D eigenvalue weighted by Crippen LogP contribution is 2.03. The highest BCUT2D eigenvalue weighted by atomic mass is 32.1. The molecule has 0 heterocycles. The van der Waals surface area contributed by atoms with Crippen molar-refractivity contribution in [2.75, 3.05) is 0 Å². The molecule has 1 aromatic carbocycles. The first-order valence-corrected chi connectivity index (χ1v) is 3.97. The van der Waals surface area contributed by atoms with Gasteiger partial charge in [0.1, 0.15) is 0 Å². The molecule has 0 unspecified atom stereocenters. The number of aryl methyl sites for hydroxylation is 1. The first-order chi connectivity index (χ1) is 5.74. The maximum absolute atomic E-state index is 11.2. The van der Waals surface area contributed by atoms with Gasteiger partial charge in [-0.3, -0.25) is 4.79 Å². The van der Waals surface area contributed by atoms with E-state index in [9.17, 15) is 4.79 Å². The van der Waals surface area contributed by atoms with Gasteiger partial charge in [0, 0.05) is 11.6 Å². The van der Waals surface area contributed by atoms with Crippen molar-refractivity contribution in [1.29, 1.82) is 0 Å². The second kappa shape index (κ2) is 3.96. The van der Waals surface area contributed by atoms with E-state index in [2.05, 4.69) is 17.2 Å². The molecule has 0 N–H and O–H groups in total. The molecular formula is C10H8OS. The van der Waals surface area contributed by atoms with Crippen LogP contribution in [0.3, 0.4) is 0 Å². The van der Waals surface area contributed by atoms with Crippen LogP contribution in [0.1, 0.15) is 15.9 Å². The zero-order valence-corrected chi connectivity index (χ0v) is 7.52. The van der Waals surface area contributed by atoms with E-state index in [1.165, 1.54) is 6.08 Å². The van der Waals surface area contributed by atoms with Crippen molar-refractivity contribution < 1.29 is 4.79 Å². The summed E-state index contributed by atoms with van der Waals surface area (Å²) in [5.41, 5.74) is 1.79. The minimum Gasteiger partial charge on any atom is -0.289 e. The molecule has 0 saturated heterocycles. The third kappa shape index (κ3) is 2.12. The number of thiocarbonyl (C=S) groups is 1. The van der Waals surface area contributed by atoms with Crippen LogP contribution < -0.4 is 0 Å². The van der Waals surface area contributed by atoms with Crippen molar-refractivity contribution in [2.45, 2.75) is 6.92 Å². The number of hydrogen-bond acceptors (Lipinski definition) is 2. The molecule has 0 bridgehead atoms. The Morgan fingerprint density at radius 1 is 1.42 bits per heavy atom. The summed E-state index contributed by atoms with van der Waals surface area (Å²) in [6.45, 7) is 1.98. The number of hydrogen-bond donors (Lipinski definition) is 0. The Kier molecular flexibility index (Phi) is 2.92. The van der Waals surface area contributed by atoms with E-state index in [-0.39, 0.29) is 5.78 Å². The molecule has 0 aliphatic rings. The highest BCUT2D eigenvalue weighted by molar-refractivity contribution is 7.78. The van der Waals surface area contributed by atoms with Crippen molar-refractivity contribution in [3.05, 3.63) is 41.5 Å². The lowest BCUT2D eigenvalue weighted by molar-refractivity contribution is 0.104. The SMILES string of the molecule is Cc1ccc(C(=O)C=C=S)cc1. The highest BCUT2D eigenvalue weighted by Gasteiger charge is 1.98. The Morgan fingerprint density at radius 3 is 2.50 bits per heavy atom. The molecule has 0 amide bonds. The van der Waals surface area contributed by atoms with Gasteiger partial charge in [0.2, 0.25) is 0 Å². The first-order valence-electron chi connectivity index (χ1n) is 3.56. The van der Waals surface area contributed by atoms with E-state index in [1.807, 2.05) is 19.1 Å². The molecule has 0 radical (unpaired) electrons. The predicted molar refractivity (Wildman–Crippen MR) is 52.7 cm³/mol. The average Bonchev–Trinajstić information content (AvgIpc) is 2.06. The molecule has 0 aliphatic carbocycles. The lowest BCUT2D eigenvalue weighted by atomic mass is 10.1. The number of carbonyl (C=O) groups is 1. The molecule has 1 aromatic rings. The second-order valence-corrected chi connectivity index (χ2v) is 2.73. The lowest BCUT2D eigenvalue weighted by Crippen LogP contribution is -1.93. The van der Waals surface area contributed by atoms with Gasteiger partial charge in [-0.1, -0.05) is 29.8 Å². The van der Waals surface area contributed by atoms with Gasteiger partial charge in [-0.25, -0.2) is 0 Å². The maximum atomic E-state index is 11.2. The van der Waals surface area contributed by atoms with E-state index < -0.39 is 0 Å². The van der Waals surface area contributed by atoms with Crippen LogP contribution in [0.25, 0.3) is 0 Å². The van der Waals surface area contributed by atoms with E-state index in [4.69, 9.17) is 0 Å². The summed E-state index contributed by atoms with van der Waals surface area (Å²) in [7, 11) is 0. The standard InChI is InChI=1S/C10H8OS/c1-8-2-4-9(5-3-8)10(11)6-7-12/h2-6H,1H3. The molecule has 60 valence electrons. The molecule has 0 fully saturated rings. The Balaban J connectivity index is 2.97. The summed E-state index contributed by atoms with van der Waals surface area (Å²) in [5.74, 6) is -0.0926. The molecule has 12 heavy (non-hydrogen) atoms. The van der Waals surface area contributed by atoms with Crippen LogP contribution in [0.5, 0.6) is 0 Å². The Labute approximate surface area is 76.7 Å². The maximum Gasteiger partial charge on any atom is 0.194 e. The molecule has 0 aliphatic heterocycles. The summed E-state index contributed by atoms with van der Waals surface area (Å²) >= 11 is 4.43. The van der Waals surface area contributed by atoms with Crippen molar-refractivity contribution in [3.63, 3.8) is 0 Å². The molecule has 0 aromatic heterocycles. The van der Waals surface area contributed by atoms with Crippen LogP contribution in [0, 0.1) is 6.92 Å². The number of ketones is 1. The largest absolute Gasteiger partial charge is 0.289 e. The van der Waals surface area contributed by atoms with Crippen molar-refractivity contribution in [3.8, 4) is 0 Å². The van der Waals surface area contributed by atoms with Crippen LogP contribution in [0.4, 0.5) is 0 Å². The fraction of sp³-hybridized carbons (Fsp3) is 0.100. The Morgan fingerprint density at radius 2 is 2.00 bits per heavy atom. The molecule has 1 nitrogen and oxygen atoms in total. The van der Waals surface area contributed by atoms with Crippen LogP contribution >= 0.6 is 12.2 Å². The van der Waals surface area contributed by atoms with Gasteiger partial charge in [-0.05, 0) is 24.2 Å². The Hall–Kier alpha value is -1.24. The second-order valence-electron chi connectivity index (χ2n) is 2.49. The van der Waals surface area contributed by atoms with E-state index in [0.29, 0.717) is 5.56 Å². The molecular weight excluding hydrogens is 168 g/mol. The number of carbonyl (C=O) groups excluding carboxylic acids is 1. The topological polar surface area (TPSA) is 17.1 Å². The fourth-order valence-electron chi connectivity index (χ4n) is 0.855. The summed E-state index contributed by atoms with van der Waals surface area (Å²) in [5, 5.41) is 2.29. The third-order valence-electron chi connectivity index (χ3n) is 1.53. The smallest absolute Gasteiger partial charge is 0.194 e. The van der Waals surface area contributed by atoms with Crippen molar-refractivity contribution in [1.82, 2.24) is 0 Å². The fourth-order valence-corrected chi connectivity index (χ4v) is 0.962. The van der Waals surface area contributed by atoms with Crippen molar-refractivity contribution >= 4 is 23.0 Å². The van der Waals surface area contributed by atoms with Gasteiger partial charge in [0.25, 0.3) is 0 Å². The minimum absolute atomic E-state index is 0.0926. The molecule has 1 rings (SSSR count). The van der Waals surface area contributed by atoms with Gasteiger partial charge in [0.15, 0.2) is 5.78 Å². The lowest BCUT2D eigenvalue weighted by Gasteiger charge is -1.94. The number of benzene rings is 1. The van der Waals surface area contributed by atoms with Gasteiger partial charge in [-0.2, -0.15) is 0 Å². The van der Waals surface area contributed by atoms with E-state index >= 15 is 0 Å². The van der Waals surface area contributed by atoms with Gasteiger partial charge in [0.05, 0.1) is 0 Å². The summed E-state index contributed by atoms with van der Waals surface area (Å²) in [6, 6.07) is 7.34. The Bertz CT molecular complexity index is 331. The van der Waals surface area contributed by atoms with E-state index in [1.54, 1.807) is 12.1 Å². The van der Waals surface area contributed by atoms with Crippen LogP contribution in [0.2, 0.25) is 0 Å². The number of allylic oxidation sites excluding steroid dienone is 1.